The zero-order valence-electron chi connectivity index (χ0n) is 21.6. The van der Waals surface area contributed by atoms with Crippen molar-refractivity contribution < 1.29 is 23.1 Å². The predicted molar refractivity (Wildman–Crippen MR) is 137 cm³/mol. The van der Waals surface area contributed by atoms with Crippen LogP contribution < -0.4 is 10.5 Å². The molecule has 2 aromatic rings. The third kappa shape index (κ3) is 7.03. The van der Waals surface area contributed by atoms with E-state index in [1.54, 1.807) is 38.2 Å². The van der Waals surface area contributed by atoms with Crippen molar-refractivity contribution in [3.05, 3.63) is 47.9 Å². The van der Waals surface area contributed by atoms with Crippen LogP contribution in [0, 0.1) is 11.7 Å². The Labute approximate surface area is 217 Å². The molecule has 0 saturated carbocycles. The zero-order valence-corrected chi connectivity index (χ0v) is 21.6. The molecular formula is C28H36F2N4O3. The molecule has 3 heterocycles. The molecule has 0 aliphatic carbocycles. The van der Waals surface area contributed by atoms with E-state index in [1.165, 1.54) is 17.0 Å². The Bertz CT molecular complexity index is 1100. The summed E-state index contributed by atoms with van der Waals surface area (Å²) in [7, 11) is 0. The van der Waals surface area contributed by atoms with E-state index in [4.69, 9.17) is 10.5 Å². The molecule has 0 bridgehead atoms. The van der Waals surface area contributed by atoms with Crippen molar-refractivity contribution in [1.82, 2.24) is 14.8 Å². The van der Waals surface area contributed by atoms with Crippen molar-refractivity contribution in [2.75, 3.05) is 32.8 Å². The Morgan fingerprint density at radius 3 is 2.43 bits per heavy atom. The third-order valence-corrected chi connectivity index (χ3v) is 7.13. The van der Waals surface area contributed by atoms with Gasteiger partial charge in [0.05, 0.1) is 12.2 Å². The Morgan fingerprint density at radius 1 is 1.08 bits per heavy atom. The number of hydrogen-bond acceptors (Lipinski definition) is 5. The van der Waals surface area contributed by atoms with Crippen molar-refractivity contribution in [3.63, 3.8) is 0 Å². The number of amides is 2. The highest BCUT2D eigenvalue weighted by Crippen LogP contribution is 2.26. The Balaban J connectivity index is 1.33. The SMILES string of the molecule is CC(C)(F)CN1CCC(COc2ccc(-c3ccc(C(=O)N4CCCC[C@H]4C(N)=O)c(F)c3)cn2)CC1. The average Bonchev–Trinajstić information content (AvgIpc) is 2.87. The van der Waals surface area contributed by atoms with Crippen LogP contribution in [0.15, 0.2) is 36.5 Å². The number of likely N-dealkylation sites (tertiary alicyclic amines) is 2. The van der Waals surface area contributed by atoms with Gasteiger partial charge in [-0.15, -0.1) is 0 Å². The van der Waals surface area contributed by atoms with E-state index in [0.717, 1.165) is 38.8 Å². The average molecular weight is 515 g/mol. The van der Waals surface area contributed by atoms with Gasteiger partial charge in [-0.05, 0) is 88.7 Å². The molecule has 2 aliphatic heterocycles. The monoisotopic (exact) mass is 514 g/mol. The highest BCUT2D eigenvalue weighted by molar-refractivity contribution is 5.98. The number of ether oxygens (including phenoxy) is 1. The van der Waals surface area contributed by atoms with Crippen molar-refractivity contribution in [2.45, 2.75) is 57.7 Å². The normalized spacial score (nSPS) is 19.6. The quantitative estimate of drug-likeness (QED) is 0.570. The van der Waals surface area contributed by atoms with E-state index in [1.807, 2.05) is 0 Å². The fourth-order valence-electron chi connectivity index (χ4n) is 5.18. The maximum Gasteiger partial charge on any atom is 0.257 e. The number of carbonyl (C=O) groups is 2. The topological polar surface area (TPSA) is 88.8 Å². The molecule has 7 nitrogen and oxygen atoms in total. The lowest BCUT2D eigenvalue weighted by Crippen LogP contribution is -2.50. The number of benzene rings is 1. The van der Waals surface area contributed by atoms with Crippen LogP contribution in [0.5, 0.6) is 5.88 Å². The number of halogens is 2. The number of hydrogen-bond donors (Lipinski definition) is 1. The highest BCUT2D eigenvalue weighted by atomic mass is 19.1. The van der Waals surface area contributed by atoms with E-state index in [9.17, 15) is 18.4 Å². The maximum atomic E-state index is 15.0. The molecule has 4 rings (SSSR count). The van der Waals surface area contributed by atoms with E-state index in [2.05, 4.69) is 9.88 Å². The molecule has 2 fully saturated rings. The number of nitrogens with two attached hydrogens (primary N) is 1. The Hall–Kier alpha value is -3.07. The van der Waals surface area contributed by atoms with Crippen LogP contribution in [-0.4, -0.2) is 71.1 Å². The number of pyridine rings is 1. The smallest absolute Gasteiger partial charge is 0.257 e. The predicted octanol–water partition coefficient (Wildman–Crippen LogP) is 4.21. The summed E-state index contributed by atoms with van der Waals surface area (Å²) >= 11 is 0. The number of nitrogens with zero attached hydrogens (tertiary/aromatic N) is 3. The van der Waals surface area contributed by atoms with E-state index in [-0.39, 0.29) is 5.56 Å². The second-order valence-corrected chi connectivity index (χ2v) is 10.7. The van der Waals surface area contributed by atoms with E-state index in [0.29, 0.717) is 49.0 Å². The van der Waals surface area contributed by atoms with Crippen LogP contribution in [-0.2, 0) is 4.79 Å². The van der Waals surface area contributed by atoms with Crippen LogP contribution in [0.25, 0.3) is 11.1 Å². The summed E-state index contributed by atoms with van der Waals surface area (Å²) in [5.74, 6) is -0.850. The van der Waals surface area contributed by atoms with Crippen molar-refractivity contribution in [2.24, 2.45) is 11.7 Å². The molecule has 200 valence electrons. The van der Waals surface area contributed by atoms with Gasteiger partial charge in [0.1, 0.15) is 17.5 Å². The Kier molecular flexibility index (Phi) is 8.42. The van der Waals surface area contributed by atoms with Gasteiger partial charge in [0, 0.05) is 30.9 Å². The molecule has 1 aromatic carbocycles. The van der Waals surface area contributed by atoms with E-state index < -0.39 is 29.3 Å². The summed E-state index contributed by atoms with van der Waals surface area (Å²) in [5, 5.41) is 0. The molecule has 2 N–H and O–H groups in total. The number of aromatic nitrogens is 1. The first-order valence-corrected chi connectivity index (χ1v) is 13.0. The molecule has 37 heavy (non-hydrogen) atoms. The summed E-state index contributed by atoms with van der Waals surface area (Å²) in [6, 6.07) is 7.27. The molecule has 0 unspecified atom stereocenters. The lowest BCUT2D eigenvalue weighted by molar-refractivity contribution is -0.123. The van der Waals surface area contributed by atoms with E-state index >= 15 is 0 Å². The van der Waals surface area contributed by atoms with Gasteiger partial charge in [-0.2, -0.15) is 0 Å². The van der Waals surface area contributed by atoms with Gasteiger partial charge >= 0.3 is 0 Å². The van der Waals surface area contributed by atoms with Crippen molar-refractivity contribution in [3.8, 4) is 17.0 Å². The van der Waals surface area contributed by atoms with Crippen LogP contribution in [0.3, 0.4) is 0 Å². The molecule has 0 spiro atoms. The van der Waals surface area contributed by atoms with Gasteiger partial charge in [-0.3, -0.25) is 9.59 Å². The van der Waals surface area contributed by atoms with Gasteiger partial charge in [-0.1, -0.05) is 6.07 Å². The van der Waals surface area contributed by atoms with Gasteiger partial charge in [0.15, 0.2) is 0 Å². The molecule has 0 radical (unpaired) electrons. The number of rotatable bonds is 8. The lowest BCUT2D eigenvalue weighted by Gasteiger charge is -2.34. The third-order valence-electron chi connectivity index (χ3n) is 7.13. The maximum absolute atomic E-state index is 15.0. The van der Waals surface area contributed by atoms with Gasteiger partial charge < -0.3 is 20.3 Å². The summed E-state index contributed by atoms with van der Waals surface area (Å²) in [5.41, 5.74) is 5.47. The summed E-state index contributed by atoms with van der Waals surface area (Å²) in [6.07, 6.45) is 5.59. The molecule has 2 amide bonds. The molecule has 9 heteroatoms. The van der Waals surface area contributed by atoms with Gasteiger partial charge in [0.25, 0.3) is 5.91 Å². The molecule has 1 atom stereocenters. The fraction of sp³-hybridized carbons (Fsp3) is 0.536. The number of piperidine rings is 2. The van der Waals surface area contributed by atoms with Crippen LogP contribution in [0.2, 0.25) is 0 Å². The van der Waals surface area contributed by atoms with Crippen LogP contribution in [0.4, 0.5) is 8.78 Å². The molecule has 2 aliphatic rings. The first-order chi connectivity index (χ1) is 17.6. The summed E-state index contributed by atoms with van der Waals surface area (Å²) in [6.45, 7) is 6.32. The first-order valence-electron chi connectivity index (χ1n) is 13.0. The molecule has 1 aromatic heterocycles. The second kappa shape index (κ2) is 11.5. The number of carbonyl (C=O) groups excluding carboxylic acids is 2. The standard InChI is InChI=1S/C28H36F2N4O3/c1-28(2,30)18-33-13-10-19(11-14-33)17-37-25-9-7-21(16-32-25)20-6-8-22(23(29)15-20)27(36)34-12-4-3-5-24(34)26(31)35/h6-9,15-16,19,24H,3-5,10-14,17-18H2,1-2H3,(H2,31,35)/t24-/m0/s1. The van der Waals surface area contributed by atoms with Crippen molar-refractivity contribution in [1.29, 1.82) is 0 Å². The summed E-state index contributed by atoms with van der Waals surface area (Å²) in [4.78, 5) is 32.6. The fourth-order valence-corrected chi connectivity index (χ4v) is 5.18. The first kappa shape index (κ1) is 27.0. The van der Waals surface area contributed by atoms with Gasteiger partial charge in [0.2, 0.25) is 11.8 Å². The number of alkyl halides is 1. The van der Waals surface area contributed by atoms with Gasteiger partial charge in [-0.25, -0.2) is 13.8 Å². The summed E-state index contributed by atoms with van der Waals surface area (Å²) < 4.78 is 34.7. The van der Waals surface area contributed by atoms with Crippen molar-refractivity contribution >= 4 is 11.8 Å². The number of primary amides is 1. The second-order valence-electron chi connectivity index (χ2n) is 10.7. The minimum atomic E-state index is -1.19. The zero-order chi connectivity index (χ0) is 26.6. The molecular weight excluding hydrogens is 478 g/mol. The largest absolute Gasteiger partial charge is 0.477 e. The van der Waals surface area contributed by atoms with Crippen LogP contribution >= 0.6 is 0 Å². The minimum absolute atomic E-state index is 0.0778. The minimum Gasteiger partial charge on any atom is -0.477 e. The Morgan fingerprint density at radius 2 is 1.81 bits per heavy atom. The highest BCUT2D eigenvalue weighted by Gasteiger charge is 2.32. The lowest BCUT2D eigenvalue weighted by atomic mass is 9.97. The molecule has 2 saturated heterocycles. The van der Waals surface area contributed by atoms with Crippen LogP contribution in [0.1, 0.15) is 56.3 Å².